The number of rotatable bonds is 3. The number of aryl methyl sites for hydroxylation is 1. The third kappa shape index (κ3) is 2.25. The van der Waals surface area contributed by atoms with Crippen molar-refractivity contribution in [3.8, 4) is 5.75 Å². The summed E-state index contributed by atoms with van der Waals surface area (Å²) in [7, 11) is 1.66. The molecule has 0 spiro atoms. The number of benzene rings is 1. The molecule has 84 valence electrons. The van der Waals surface area contributed by atoms with Gasteiger partial charge in [0, 0.05) is 6.07 Å². The van der Waals surface area contributed by atoms with E-state index in [1.807, 2.05) is 0 Å². The van der Waals surface area contributed by atoms with E-state index in [-0.39, 0.29) is 12.3 Å². The molecule has 0 aliphatic carbocycles. The van der Waals surface area contributed by atoms with E-state index in [4.69, 9.17) is 10.5 Å². The van der Waals surface area contributed by atoms with Crippen molar-refractivity contribution in [2.24, 2.45) is 7.05 Å². The fourth-order valence-electron chi connectivity index (χ4n) is 1.17. The van der Waals surface area contributed by atoms with Crippen LogP contribution in [0.1, 0.15) is 5.82 Å². The molecule has 0 atom stereocenters. The Labute approximate surface area is 90.8 Å². The van der Waals surface area contributed by atoms with Crippen LogP contribution in [0.4, 0.5) is 10.1 Å². The quantitative estimate of drug-likeness (QED) is 0.767. The van der Waals surface area contributed by atoms with Crippen LogP contribution in [0.5, 0.6) is 5.75 Å². The van der Waals surface area contributed by atoms with Gasteiger partial charge < -0.3 is 10.5 Å². The first-order valence-electron chi connectivity index (χ1n) is 4.56. The molecule has 1 heterocycles. The number of ether oxygens (including phenoxy) is 1. The van der Waals surface area contributed by atoms with Gasteiger partial charge in [-0.2, -0.15) is 4.80 Å². The molecule has 2 N–H and O–H groups in total. The first kappa shape index (κ1) is 10.3. The molecule has 0 aliphatic rings. The van der Waals surface area contributed by atoms with E-state index in [2.05, 4.69) is 15.4 Å². The van der Waals surface area contributed by atoms with Crippen molar-refractivity contribution >= 4 is 5.69 Å². The predicted molar refractivity (Wildman–Crippen MR) is 53.9 cm³/mol. The summed E-state index contributed by atoms with van der Waals surface area (Å²) < 4.78 is 18.1. The lowest BCUT2D eigenvalue weighted by Gasteiger charge is -2.06. The maximum atomic E-state index is 12.7. The molecule has 0 aliphatic heterocycles. The minimum absolute atomic E-state index is 0.143. The predicted octanol–water partition coefficient (Wildman–Crippen LogP) is 0.510. The summed E-state index contributed by atoms with van der Waals surface area (Å²) in [5.41, 5.74) is 5.80. The van der Waals surface area contributed by atoms with Gasteiger partial charge in [-0.05, 0) is 17.3 Å². The van der Waals surface area contributed by atoms with Crippen LogP contribution in [-0.4, -0.2) is 20.2 Å². The van der Waals surface area contributed by atoms with Crippen LogP contribution in [0, 0.1) is 5.82 Å². The van der Waals surface area contributed by atoms with Gasteiger partial charge in [0.15, 0.2) is 6.61 Å². The summed E-state index contributed by atoms with van der Waals surface area (Å²) >= 11 is 0. The Kier molecular flexibility index (Phi) is 2.67. The van der Waals surface area contributed by atoms with Crippen molar-refractivity contribution in [1.29, 1.82) is 0 Å². The largest absolute Gasteiger partial charge is 0.483 e. The van der Waals surface area contributed by atoms with Crippen molar-refractivity contribution in [3.63, 3.8) is 0 Å². The van der Waals surface area contributed by atoms with Crippen LogP contribution in [0.3, 0.4) is 0 Å². The fourth-order valence-corrected chi connectivity index (χ4v) is 1.17. The van der Waals surface area contributed by atoms with Crippen LogP contribution in [0.15, 0.2) is 18.2 Å². The lowest BCUT2D eigenvalue weighted by molar-refractivity contribution is 0.296. The zero-order valence-electron chi connectivity index (χ0n) is 8.59. The number of anilines is 1. The molecule has 0 bridgehead atoms. The van der Waals surface area contributed by atoms with E-state index >= 15 is 0 Å². The molecule has 0 saturated carbocycles. The van der Waals surface area contributed by atoms with Crippen LogP contribution in [0.2, 0.25) is 0 Å². The number of halogens is 1. The second-order valence-corrected chi connectivity index (χ2v) is 3.17. The number of hydrogen-bond donors (Lipinski definition) is 1. The van der Waals surface area contributed by atoms with Gasteiger partial charge >= 0.3 is 0 Å². The third-order valence-electron chi connectivity index (χ3n) is 1.88. The van der Waals surface area contributed by atoms with Crippen molar-refractivity contribution < 1.29 is 9.13 Å². The molecule has 0 fully saturated rings. The van der Waals surface area contributed by atoms with E-state index in [0.29, 0.717) is 11.6 Å². The van der Waals surface area contributed by atoms with Crippen LogP contribution in [-0.2, 0) is 13.7 Å². The Morgan fingerprint density at radius 1 is 1.50 bits per heavy atom. The van der Waals surface area contributed by atoms with Gasteiger partial charge in [0.2, 0.25) is 5.82 Å². The second-order valence-electron chi connectivity index (χ2n) is 3.17. The normalized spacial score (nSPS) is 10.4. The molecule has 0 saturated heterocycles. The first-order chi connectivity index (χ1) is 7.65. The molecule has 0 unspecified atom stereocenters. The maximum absolute atomic E-state index is 12.7. The lowest BCUT2D eigenvalue weighted by atomic mass is 10.3. The van der Waals surface area contributed by atoms with Crippen molar-refractivity contribution in [3.05, 3.63) is 29.8 Å². The smallest absolute Gasteiger partial charge is 0.212 e. The Morgan fingerprint density at radius 2 is 2.31 bits per heavy atom. The summed E-state index contributed by atoms with van der Waals surface area (Å²) in [6.07, 6.45) is 0. The van der Waals surface area contributed by atoms with Gasteiger partial charge in [0.25, 0.3) is 0 Å². The molecule has 0 radical (unpaired) electrons. The van der Waals surface area contributed by atoms with E-state index in [0.717, 1.165) is 0 Å². The van der Waals surface area contributed by atoms with Crippen LogP contribution < -0.4 is 10.5 Å². The van der Waals surface area contributed by atoms with Crippen molar-refractivity contribution in [2.75, 3.05) is 5.73 Å². The summed E-state index contributed by atoms with van der Waals surface area (Å²) in [6.45, 7) is 0.143. The highest BCUT2D eigenvalue weighted by Gasteiger charge is 2.05. The van der Waals surface area contributed by atoms with Gasteiger partial charge in [0.1, 0.15) is 11.6 Å². The Hall–Kier alpha value is -2.18. The second kappa shape index (κ2) is 4.13. The number of nitrogens with two attached hydrogens (primary N) is 1. The summed E-state index contributed by atoms with van der Waals surface area (Å²) in [5.74, 6) is 0.433. The molecule has 16 heavy (non-hydrogen) atoms. The standard InChI is InChI=1S/C9H10FN5O/c1-15-13-9(12-14-15)5-16-8-3-2-6(10)4-7(8)11/h2-4H,5,11H2,1H3. The molecular weight excluding hydrogens is 213 g/mol. The summed E-state index contributed by atoms with van der Waals surface area (Å²) in [5, 5.41) is 11.3. The highest BCUT2D eigenvalue weighted by molar-refractivity contribution is 5.52. The van der Waals surface area contributed by atoms with Gasteiger partial charge in [-0.3, -0.25) is 0 Å². The number of tetrazole rings is 1. The minimum atomic E-state index is -0.400. The summed E-state index contributed by atoms with van der Waals surface area (Å²) in [4.78, 5) is 1.33. The molecule has 6 nitrogen and oxygen atoms in total. The molecular formula is C9H10FN5O. The van der Waals surface area contributed by atoms with Crippen molar-refractivity contribution in [2.45, 2.75) is 6.61 Å². The van der Waals surface area contributed by atoms with Crippen molar-refractivity contribution in [1.82, 2.24) is 20.2 Å². The number of nitrogens with zero attached hydrogens (tertiary/aromatic N) is 4. The SMILES string of the molecule is Cn1nnc(COc2ccc(F)cc2N)n1. The molecule has 0 amide bonds. The monoisotopic (exact) mass is 223 g/mol. The highest BCUT2D eigenvalue weighted by Crippen LogP contribution is 2.22. The average molecular weight is 223 g/mol. The van der Waals surface area contributed by atoms with E-state index in [1.165, 1.54) is 23.0 Å². The zero-order chi connectivity index (χ0) is 11.5. The van der Waals surface area contributed by atoms with Gasteiger partial charge in [-0.15, -0.1) is 10.2 Å². The molecule has 1 aromatic carbocycles. The number of aromatic nitrogens is 4. The maximum Gasteiger partial charge on any atom is 0.212 e. The molecule has 2 aromatic rings. The highest BCUT2D eigenvalue weighted by atomic mass is 19.1. The lowest BCUT2D eigenvalue weighted by Crippen LogP contribution is -2.01. The van der Waals surface area contributed by atoms with Gasteiger partial charge in [-0.1, -0.05) is 0 Å². The molecule has 7 heteroatoms. The minimum Gasteiger partial charge on any atom is -0.483 e. The van der Waals surface area contributed by atoms with Gasteiger partial charge in [-0.25, -0.2) is 4.39 Å². The van der Waals surface area contributed by atoms with E-state index < -0.39 is 5.82 Å². The van der Waals surface area contributed by atoms with Crippen LogP contribution >= 0.6 is 0 Å². The third-order valence-corrected chi connectivity index (χ3v) is 1.88. The van der Waals surface area contributed by atoms with E-state index in [1.54, 1.807) is 7.05 Å². The van der Waals surface area contributed by atoms with E-state index in [9.17, 15) is 4.39 Å². The number of hydrogen-bond acceptors (Lipinski definition) is 5. The fraction of sp³-hybridized carbons (Fsp3) is 0.222. The Morgan fingerprint density at radius 3 is 2.94 bits per heavy atom. The van der Waals surface area contributed by atoms with Gasteiger partial charge in [0.05, 0.1) is 12.7 Å². The first-order valence-corrected chi connectivity index (χ1v) is 4.56. The topological polar surface area (TPSA) is 78.8 Å². The number of nitrogen functional groups attached to an aromatic ring is 1. The summed E-state index contributed by atoms with van der Waals surface area (Å²) in [6, 6.07) is 3.93. The Balaban J connectivity index is 2.04. The van der Waals surface area contributed by atoms with Crippen LogP contribution in [0.25, 0.3) is 0 Å². The zero-order valence-corrected chi connectivity index (χ0v) is 8.59. The molecule has 2 rings (SSSR count). The Bertz CT molecular complexity index is 498. The molecule has 1 aromatic heterocycles. The average Bonchev–Trinajstić information content (AvgIpc) is 2.63.